The third-order valence-corrected chi connectivity index (χ3v) is 2.80. The van der Waals surface area contributed by atoms with E-state index < -0.39 is 43.0 Å². The standard InChI is InChI=1S/C9H15N3O5/c1-9(2)16-7-5(11-12-10)6(4(14)3-13)15-8(7)17-9/h4-8,13-14H,3H2,1-2H3/t4-,5+,6-,7+,8+/m1/s1. The third-order valence-electron chi connectivity index (χ3n) is 2.80. The SMILES string of the molecule is CC1(C)O[C@@H]2O[C@H]([C@H](O)CO)[C@H](N=[N+]=[N-])[C@@H]2O1. The van der Waals surface area contributed by atoms with Crippen LogP contribution in [0.1, 0.15) is 13.8 Å². The van der Waals surface area contributed by atoms with E-state index in [9.17, 15) is 5.11 Å². The maximum atomic E-state index is 9.57. The number of ether oxygens (including phenoxy) is 3. The van der Waals surface area contributed by atoms with Gasteiger partial charge in [-0.05, 0) is 19.4 Å². The minimum atomic E-state index is -1.13. The van der Waals surface area contributed by atoms with Crippen LogP contribution in [0, 0.1) is 0 Å². The second-order valence-electron chi connectivity index (χ2n) is 4.51. The summed E-state index contributed by atoms with van der Waals surface area (Å²) in [5, 5.41) is 22.0. The van der Waals surface area contributed by atoms with Crippen LogP contribution in [-0.4, -0.2) is 53.3 Å². The Kier molecular flexibility index (Phi) is 3.26. The average Bonchev–Trinajstić information content (AvgIpc) is 2.72. The first kappa shape index (κ1) is 12.6. The summed E-state index contributed by atoms with van der Waals surface area (Å²) in [6.45, 7) is 2.96. The molecule has 0 aromatic carbocycles. The number of aliphatic hydroxyl groups excluding tert-OH is 2. The van der Waals surface area contributed by atoms with E-state index in [1.807, 2.05) is 0 Å². The van der Waals surface area contributed by atoms with Crippen molar-refractivity contribution in [3.05, 3.63) is 10.4 Å². The number of azide groups is 1. The summed E-state index contributed by atoms with van der Waals surface area (Å²) < 4.78 is 16.4. The highest BCUT2D eigenvalue weighted by atomic mass is 16.8. The summed E-state index contributed by atoms with van der Waals surface area (Å²) in [5.74, 6) is -0.812. The Labute approximate surface area is 97.7 Å². The second-order valence-corrected chi connectivity index (χ2v) is 4.51. The van der Waals surface area contributed by atoms with Gasteiger partial charge < -0.3 is 24.4 Å². The first-order chi connectivity index (χ1) is 7.98. The van der Waals surface area contributed by atoms with Crippen molar-refractivity contribution in [2.75, 3.05) is 6.61 Å². The summed E-state index contributed by atoms with van der Waals surface area (Å²) in [7, 11) is 0. The molecule has 8 nitrogen and oxygen atoms in total. The summed E-state index contributed by atoms with van der Waals surface area (Å²) in [6.07, 6.45) is -3.20. The molecule has 2 aliphatic heterocycles. The molecule has 0 unspecified atom stereocenters. The molecular weight excluding hydrogens is 230 g/mol. The Balaban J connectivity index is 2.18. The van der Waals surface area contributed by atoms with Crippen LogP contribution in [-0.2, 0) is 14.2 Å². The molecule has 8 heteroatoms. The van der Waals surface area contributed by atoms with E-state index in [1.54, 1.807) is 13.8 Å². The zero-order chi connectivity index (χ0) is 12.6. The van der Waals surface area contributed by atoms with E-state index in [0.29, 0.717) is 0 Å². The van der Waals surface area contributed by atoms with Gasteiger partial charge in [0.25, 0.3) is 0 Å². The van der Waals surface area contributed by atoms with Crippen LogP contribution in [0.15, 0.2) is 5.11 Å². The van der Waals surface area contributed by atoms with Crippen LogP contribution in [0.25, 0.3) is 10.4 Å². The molecule has 2 rings (SSSR count). The molecule has 2 N–H and O–H groups in total. The monoisotopic (exact) mass is 245 g/mol. The number of aliphatic hydroxyl groups is 2. The van der Waals surface area contributed by atoms with Crippen molar-refractivity contribution in [3.63, 3.8) is 0 Å². The minimum Gasteiger partial charge on any atom is -0.394 e. The van der Waals surface area contributed by atoms with Crippen molar-refractivity contribution in [3.8, 4) is 0 Å². The lowest BCUT2D eigenvalue weighted by atomic mass is 10.0. The van der Waals surface area contributed by atoms with Crippen molar-refractivity contribution < 1.29 is 24.4 Å². The normalized spacial score (nSPS) is 40.7. The Morgan fingerprint density at radius 2 is 2.18 bits per heavy atom. The molecule has 2 saturated heterocycles. The van der Waals surface area contributed by atoms with Crippen molar-refractivity contribution in [1.29, 1.82) is 0 Å². The van der Waals surface area contributed by atoms with E-state index >= 15 is 0 Å². The summed E-state index contributed by atoms with van der Waals surface area (Å²) >= 11 is 0. The van der Waals surface area contributed by atoms with Crippen LogP contribution in [0.5, 0.6) is 0 Å². The van der Waals surface area contributed by atoms with Gasteiger partial charge in [0, 0.05) is 4.91 Å². The molecular formula is C9H15N3O5. The molecule has 5 atom stereocenters. The smallest absolute Gasteiger partial charge is 0.188 e. The number of rotatable bonds is 3. The highest BCUT2D eigenvalue weighted by Gasteiger charge is 2.55. The average molecular weight is 245 g/mol. The van der Waals surface area contributed by atoms with Crippen LogP contribution in [0.4, 0.5) is 0 Å². The number of hydrogen-bond acceptors (Lipinski definition) is 6. The van der Waals surface area contributed by atoms with Gasteiger partial charge in [0.05, 0.1) is 12.6 Å². The van der Waals surface area contributed by atoms with Gasteiger partial charge in [-0.3, -0.25) is 0 Å². The molecule has 0 radical (unpaired) electrons. The van der Waals surface area contributed by atoms with E-state index in [4.69, 9.17) is 24.8 Å². The Hall–Kier alpha value is -0.890. The van der Waals surface area contributed by atoms with Gasteiger partial charge in [-0.1, -0.05) is 5.11 Å². The Morgan fingerprint density at radius 1 is 1.47 bits per heavy atom. The number of nitrogens with zero attached hydrogens (tertiary/aromatic N) is 3. The van der Waals surface area contributed by atoms with Crippen LogP contribution < -0.4 is 0 Å². The predicted octanol–water partition coefficient (Wildman–Crippen LogP) is -0.105. The van der Waals surface area contributed by atoms with Crippen molar-refractivity contribution in [2.45, 2.75) is 50.3 Å². The van der Waals surface area contributed by atoms with E-state index in [-0.39, 0.29) is 0 Å². The van der Waals surface area contributed by atoms with Gasteiger partial charge in [-0.25, -0.2) is 0 Å². The van der Waals surface area contributed by atoms with Crippen molar-refractivity contribution in [2.24, 2.45) is 5.11 Å². The molecule has 0 aromatic heterocycles. The number of fused-ring (bicyclic) bond motifs is 1. The number of hydrogen-bond donors (Lipinski definition) is 2. The molecule has 2 heterocycles. The summed E-state index contributed by atoms with van der Waals surface area (Å²) in [4.78, 5) is 2.71. The molecule has 96 valence electrons. The Bertz CT molecular complexity index is 344. The second kappa shape index (κ2) is 4.41. The summed E-state index contributed by atoms with van der Waals surface area (Å²) in [6, 6.07) is -0.714. The molecule has 0 saturated carbocycles. The van der Waals surface area contributed by atoms with Crippen molar-refractivity contribution >= 4 is 0 Å². The first-order valence-corrected chi connectivity index (χ1v) is 5.33. The van der Waals surface area contributed by atoms with E-state index in [1.165, 1.54) is 0 Å². The topological polar surface area (TPSA) is 117 Å². The molecule has 2 aliphatic rings. The van der Waals surface area contributed by atoms with Gasteiger partial charge >= 0.3 is 0 Å². The van der Waals surface area contributed by atoms with E-state index in [0.717, 1.165) is 0 Å². The fourth-order valence-electron chi connectivity index (χ4n) is 2.13. The maximum absolute atomic E-state index is 9.57. The fraction of sp³-hybridized carbons (Fsp3) is 1.00. The van der Waals surface area contributed by atoms with Gasteiger partial charge in [0.1, 0.15) is 18.3 Å². The molecule has 17 heavy (non-hydrogen) atoms. The predicted molar refractivity (Wildman–Crippen MR) is 54.7 cm³/mol. The summed E-state index contributed by atoms with van der Waals surface area (Å²) in [5.41, 5.74) is 8.51. The molecule has 0 spiro atoms. The molecule has 0 aromatic rings. The van der Waals surface area contributed by atoms with Crippen LogP contribution in [0.3, 0.4) is 0 Å². The lowest BCUT2D eigenvalue weighted by molar-refractivity contribution is -0.217. The van der Waals surface area contributed by atoms with Gasteiger partial charge in [-0.15, -0.1) is 0 Å². The molecule has 0 amide bonds. The van der Waals surface area contributed by atoms with Crippen molar-refractivity contribution in [1.82, 2.24) is 0 Å². The zero-order valence-corrected chi connectivity index (χ0v) is 9.55. The largest absolute Gasteiger partial charge is 0.394 e. The zero-order valence-electron chi connectivity index (χ0n) is 9.55. The quantitative estimate of drug-likeness (QED) is 0.409. The molecule has 0 bridgehead atoms. The highest BCUT2D eigenvalue weighted by molar-refractivity contribution is 5.00. The lowest BCUT2D eigenvalue weighted by Gasteiger charge is -2.25. The van der Waals surface area contributed by atoms with Crippen LogP contribution >= 0.6 is 0 Å². The first-order valence-electron chi connectivity index (χ1n) is 5.33. The van der Waals surface area contributed by atoms with Gasteiger partial charge in [-0.2, -0.15) is 0 Å². The van der Waals surface area contributed by atoms with E-state index in [2.05, 4.69) is 10.0 Å². The maximum Gasteiger partial charge on any atom is 0.188 e. The third kappa shape index (κ3) is 2.23. The van der Waals surface area contributed by atoms with Gasteiger partial charge in [0.2, 0.25) is 0 Å². The highest BCUT2D eigenvalue weighted by Crippen LogP contribution is 2.39. The molecule has 2 fully saturated rings. The molecule has 0 aliphatic carbocycles. The fourth-order valence-corrected chi connectivity index (χ4v) is 2.13. The van der Waals surface area contributed by atoms with Gasteiger partial charge in [0.15, 0.2) is 12.1 Å². The Morgan fingerprint density at radius 3 is 2.76 bits per heavy atom. The minimum absolute atomic E-state index is 0.481. The van der Waals surface area contributed by atoms with Crippen LogP contribution in [0.2, 0.25) is 0 Å². The lowest BCUT2D eigenvalue weighted by Crippen LogP contribution is -2.41.